The van der Waals surface area contributed by atoms with Crippen LogP contribution in [0.25, 0.3) is 0 Å². The second-order valence-electron chi connectivity index (χ2n) is 10.8. The van der Waals surface area contributed by atoms with Gasteiger partial charge in [0.25, 0.3) is 0 Å². The number of rotatable bonds is 10. The number of aliphatic hydroxyl groups is 6. The smallest absolute Gasteiger partial charge is 0.305 e. The van der Waals surface area contributed by atoms with Gasteiger partial charge >= 0.3 is 17.9 Å². The van der Waals surface area contributed by atoms with Gasteiger partial charge in [0.15, 0.2) is 24.8 Å². The summed E-state index contributed by atoms with van der Waals surface area (Å²) < 4.78 is 43.8. The van der Waals surface area contributed by atoms with E-state index >= 15 is 0 Å². The van der Waals surface area contributed by atoms with E-state index in [1.54, 1.807) is 0 Å². The molecule has 0 aromatic carbocycles. The second kappa shape index (κ2) is 15.8. The van der Waals surface area contributed by atoms with Gasteiger partial charge in [0, 0.05) is 27.7 Å². The molecule has 0 aliphatic carbocycles. The molecule has 0 aromatic heterocycles. The van der Waals surface area contributed by atoms with Crippen LogP contribution in [0, 0.1) is 0 Å². The Morgan fingerprint density at radius 1 is 0.644 bits per heavy atom. The van der Waals surface area contributed by atoms with Gasteiger partial charge in [0.05, 0.1) is 12.7 Å². The summed E-state index contributed by atoms with van der Waals surface area (Å²) in [7, 11) is 0. The normalized spacial score (nSPS) is 41.9. The van der Waals surface area contributed by atoms with Gasteiger partial charge in [-0.15, -0.1) is 0 Å². The Kier molecular flexibility index (Phi) is 13.0. The number of hydrogen-bond acceptors (Lipinski definition) is 18. The van der Waals surface area contributed by atoms with Gasteiger partial charge in [0.2, 0.25) is 12.2 Å². The molecule has 1 amide bonds. The van der Waals surface area contributed by atoms with Crippen LogP contribution in [0.15, 0.2) is 0 Å². The van der Waals surface area contributed by atoms with Gasteiger partial charge in [-0.05, 0) is 6.92 Å². The Labute approximate surface area is 257 Å². The molecule has 3 saturated heterocycles. The predicted octanol–water partition coefficient (Wildman–Crippen LogP) is -4.69. The minimum Gasteiger partial charge on any atom is -0.463 e. The lowest BCUT2D eigenvalue weighted by Gasteiger charge is -2.48. The Balaban J connectivity index is 1.89. The maximum Gasteiger partial charge on any atom is 0.305 e. The largest absolute Gasteiger partial charge is 0.463 e. The third-order valence-corrected chi connectivity index (χ3v) is 7.26. The van der Waals surface area contributed by atoms with E-state index in [1.165, 1.54) is 6.92 Å². The average molecular weight is 656 g/mol. The molecule has 258 valence electrons. The molecule has 3 aliphatic rings. The van der Waals surface area contributed by atoms with Crippen LogP contribution in [-0.2, 0) is 57.1 Å². The van der Waals surface area contributed by atoms with Crippen LogP contribution in [0.5, 0.6) is 0 Å². The van der Waals surface area contributed by atoms with Gasteiger partial charge in [-0.25, -0.2) is 0 Å². The number of amides is 1. The van der Waals surface area contributed by atoms with Gasteiger partial charge in [0.1, 0.15) is 61.5 Å². The second-order valence-corrected chi connectivity index (χ2v) is 10.8. The Morgan fingerprint density at radius 2 is 1.24 bits per heavy atom. The molecule has 19 heteroatoms. The minimum absolute atomic E-state index is 0.611. The molecular formula is C26H41NO18. The first-order chi connectivity index (χ1) is 21.0. The fourth-order valence-electron chi connectivity index (χ4n) is 5.17. The molecule has 15 atom stereocenters. The van der Waals surface area contributed by atoms with Crippen molar-refractivity contribution in [2.24, 2.45) is 0 Å². The summed E-state index contributed by atoms with van der Waals surface area (Å²) in [5.41, 5.74) is 0. The minimum atomic E-state index is -1.99. The molecule has 19 nitrogen and oxygen atoms in total. The number of carbonyl (C=O) groups excluding carboxylic acids is 4. The van der Waals surface area contributed by atoms with Crippen LogP contribution in [0.3, 0.4) is 0 Å². The number of hydrogen-bond donors (Lipinski definition) is 7. The zero-order chi connectivity index (χ0) is 33.7. The molecule has 0 aromatic rings. The highest BCUT2D eigenvalue weighted by molar-refractivity contribution is 5.73. The first-order valence-electron chi connectivity index (χ1n) is 14.1. The summed E-state index contributed by atoms with van der Waals surface area (Å²) in [6.07, 6.45) is -22.5. The van der Waals surface area contributed by atoms with Gasteiger partial charge < -0.3 is 73.9 Å². The van der Waals surface area contributed by atoms with Crippen LogP contribution in [0.1, 0.15) is 34.6 Å². The molecule has 0 spiro atoms. The van der Waals surface area contributed by atoms with Crippen molar-refractivity contribution in [2.45, 2.75) is 127 Å². The molecule has 45 heavy (non-hydrogen) atoms. The summed E-state index contributed by atoms with van der Waals surface area (Å²) in [4.78, 5) is 46.9. The number of aliphatic hydroxyl groups excluding tert-OH is 6. The van der Waals surface area contributed by atoms with Crippen molar-refractivity contribution in [2.75, 3.05) is 13.2 Å². The molecule has 3 aliphatic heterocycles. The third-order valence-electron chi connectivity index (χ3n) is 7.26. The highest BCUT2D eigenvalue weighted by Crippen LogP contribution is 2.33. The van der Waals surface area contributed by atoms with Crippen LogP contribution in [0.2, 0.25) is 0 Å². The maximum atomic E-state index is 11.8. The van der Waals surface area contributed by atoms with E-state index < -0.39 is 129 Å². The molecule has 7 N–H and O–H groups in total. The summed E-state index contributed by atoms with van der Waals surface area (Å²) in [6.45, 7) is 4.39. The van der Waals surface area contributed by atoms with Crippen molar-refractivity contribution >= 4 is 23.8 Å². The Hall–Kier alpha value is -2.56. The molecule has 3 rings (SSSR count). The number of ether oxygens (including phenoxy) is 8. The molecule has 3 heterocycles. The van der Waals surface area contributed by atoms with E-state index in [4.69, 9.17) is 37.9 Å². The van der Waals surface area contributed by atoms with Crippen molar-refractivity contribution in [1.82, 2.24) is 5.32 Å². The summed E-state index contributed by atoms with van der Waals surface area (Å²) in [5, 5.41) is 66.1. The molecule has 0 radical (unpaired) electrons. The molecule has 0 saturated carbocycles. The van der Waals surface area contributed by atoms with Crippen molar-refractivity contribution in [1.29, 1.82) is 0 Å². The molecule has 0 bridgehead atoms. The lowest BCUT2D eigenvalue weighted by Crippen LogP contribution is -2.68. The molecular weight excluding hydrogens is 614 g/mol. The molecule has 3 fully saturated rings. The van der Waals surface area contributed by atoms with Gasteiger partial charge in [-0.1, -0.05) is 0 Å². The number of nitrogens with one attached hydrogen (secondary N) is 1. The van der Waals surface area contributed by atoms with E-state index in [0.29, 0.717) is 0 Å². The zero-order valence-electron chi connectivity index (χ0n) is 25.2. The zero-order valence-corrected chi connectivity index (χ0v) is 25.2. The quantitative estimate of drug-likeness (QED) is 0.0860. The Bertz CT molecular complexity index is 1050. The van der Waals surface area contributed by atoms with Crippen LogP contribution >= 0.6 is 0 Å². The maximum absolute atomic E-state index is 11.8. The number of carbonyl (C=O) groups is 4. The number of esters is 3. The lowest BCUT2D eigenvalue weighted by atomic mass is 9.95. The van der Waals surface area contributed by atoms with E-state index in [-0.39, 0.29) is 0 Å². The van der Waals surface area contributed by atoms with Crippen LogP contribution < -0.4 is 5.32 Å². The van der Waals surface area contributed by atoms with Crippen molar-refractivity contribution in [3.63, 3.8) is 0 Å². The van der Waals surface area contributed by atoms with E-state index in [9.17, 15) is 49.8 Å². The van der Waals surface area contributed by atoms with Crippen molar-refractivity contribution in [3.05, 3.63) is 0 Å². The van der Waals surface area contributed by atoms with Crippen molar-refractivity contribution < 1.29 is 87.7 Å². The topological polar surface area (TPSA) is 276 Å². The Morgan fingerprint density at radius 3 is 1.80 bits per heavy atom. The van der Waals surface area contributed by atoms with Gasteiger partial charge in [-0.3, -0.25) is 19.2 Å². The predicted molar refractivity (Wildman–Crippen MR) is 140 cm³/mol. The average Bonchev–Trinajstić information content (AvgIpc) is 2.94. The van der Waals surface area contributed by atoms with Crippen LogP contribution in [-0.4, -0.2) is 160 Å². The third kappa shape index (κ3) is 9.04. The first-order valence-corrected chi connectivity index (χ1v) is 14.1. The van der Waals surface area contributed by atoms with E-state index in [1.807, 2.05) is 0 Å². The summed E-state index contributed by atoms with van der Waals surface area (Å²) in [5.74, 6) is -3.04. The lowest BCUT2D eigenvalue weighted by molar-refractivity contribution is -0.375. The first kappa shape index (κ1) is 36.9. The summed E-state index contributed by atoms with van der Waals surface area (Å²) in [6, 6.07) is -1.44. The standard InChI is InChI=1S/C26H41NO18/c1-8-21(40-11(4)31)20(37)23(26(39-8)41-12(5)32)45-25-19(36)18(35)22(14(43-25)7-38-10(3)30)44-24-15(27-9(2)29)17(34)16(33)13(6-28)42-24/h8,13-26,28,33-37H,6-7H2,1-5H3,(H,27,29)/t8-,13-,14-,15-,16-,17-,18-,19-,20+,21-,22-,23-,24+,25+,26+/m0/s1. The monoisotopic (exact) mass is 655 g/mol. The fourth-order valence-corrected chi connectivity index (χ4v) is 5.17. The summed E-state index contributed by atoms with van der Waals surface area (Å²) >= 11 is 0. The van der Waals surface area contributed by atoms with Gasteiger partial charge in [-0.2, -0.15) is 0 Å². The molecule has 0 unspecified atom stereocenters. The fraction of sp³-hybridized carbons (Fsp3) is 0.846. The SMILES string of the molecule is CC(=O)N[C@@H]1[C@@H](O[C@@H]2[C@@H](O)[C@H](O)[C@@H](O[C@@H]3[C@@H](OC(C)=O)O[C@@H](C)[C@H](OC(C)=O)[C@H]3O)O[C@H]2COC(C)=O)O[C@@H](CO)[C@H](O)[C@H]1O. The van der Waals surface area contributed by atoms with E-state index in [0.717, 1.165) is 27.7 Å². The van der Waals surface area contributed by atoms with Crippen LogP contribution in [0.4, 0.5) is 0 Å². The highest BCUT2D eigenvalue weighted by atomic mass is 16.8. The highest BCUT2D eigenvalue weighted by Gasteiger charge is 2.55. The van der Waals surface area contributed by atoms with Crippen molar-refractivity contribution in [3.8, 4) is 0 Å². The van der Waals surface area contributed by atoms with E-state index in [2.05, 4.69) is 5.32 Å².